The molecule has 0 saturated carbocycles. The number of nitrogens with one attached hydrogen (secondary N) is 1. The second-order valence-corrected chi connectivity index (χ2v) is 8.67. The van der Waals surface area contributed by atoms with Crippen molar-refractivity contribution >= 4 is 22.8 Å². The van der Waals surface area contributed by atoms with Crippen LogP contribution in [-0.4, -0.2) is 58.5 Å². The summed E-state index contributed by atoms with van der Waals surface area (Å²) in [5.41, 5.74) is 3.93. The normalized spacial score (nSPS) is 14.0. The number of anilines is 2. The first-order chi connectivity index (χ1) is 17.0. The first-order valence-electron chi connectivity index (χ1n) is 11.5. The standard InChI is InChI=1S/C27H26N6O2/c1-19-24(27(34)32-14-12-31(2)13-15-32)18-33-26(19)25(20(16-28)17-29-33)30-21-8-10-23(11-9-21)35-22-6-4-3-5-7-22/h3-11,17-18,30H,12-15H2,1-2H3. The quantitative estimate of drug-likeness (QED) is 0.468. The van der Waals surface area contributed by atoms with Crippen molar-refractivity contribution in [3.05, 3.63) is 83.7 Å². The van der Waals surface area contributed by atoms with E-state index in [4.69, 9.17) is 4.74 Å². The minimum absolute atomic E-state index is 0.00651. The van der Waals surface area contributed by atoms with Crippen LogP contribution in [0.15, 0.2) is 67.0 Å². The van der Waals surface area contributed by atoms with Gasteiger partial charge >= 0.3 is 0 Å². The maximum atomic E-state index is 13.3. The molecule has 3 heterocycles. The van der Waals surface area contributed by atoms with Crippen LogP contribution in [0.2, 0.25) is 0 Å². The van der Waals surface area contributed by atoms with Gasteiger partial charge < -0.3 is 19.9 Å². The Bertz CT molecular complexity index is 1400. The second-order valence-electron chi connectivity index (χ2n) is 8.67. The summed E-state index contributed by atoms with van der Waals surface area (Å²) in [5, 5.41) is 17.5. The van der Waals surface area contributed by atoms with E-state index >= 15 is 0 Å². The molecule has 0 spiro atoms. The van der Waals surface area contributed by atoms with Crippen LogP contribution >= 0.6 is 0 Å². The Labute approximate surface area is 204 Å². The molecule has 8 heteroatoms. The van der Waals surface area contributed by atoms with Gasteiger partial charge in [0.15, 0.2) is 0 Å². The number of carbonyl (C=O) groups is 1. The first-order valence-corrected chi connectivity index (χ1v) is 11.5. The summed E-state index contributed by atoms with van der Waals surface area (Å²) < 4.78 is 7.55. The molecule has 5 rings (SSSR count). The third-order valence-electron chi connectivity index (χ3n) is 6.30. The molecular formula is C27H26N6O2. The molecule has 1 saturated heterocycles. The number of hydrogen-bond donors (Lipinski definition) is 1. The van der Waals surface area contributed by atoms with Gasteiger partial charge in [-0.05, 0) is 55.9 Å². The summed E-state index contributed by atoms with van der Waals surface area (Å²) in [5.74, 6) is 1.46. The Hall–Kier alpha value is -4.35. The van der Waals surface area contributed by atoms with Crippen molar-refractivity contribution in [2.24, 2.45) is 0 Å². The van der Waals surface area contributed by atoms with Gasteiger partial charge in [0.05, 0.1) is 28.5 Å². The largest absolute Gasteiger partial charge is 0.457 e. The zero-order chi connectivity index (χ0) is 24.4. The molecule has 2 aromatic carbocycles. The molecule has 4 aromatic rings. The lowest BCUT2D eigenvalue weighted by Gasteiger charge is -2.32. The number of ether oxygens (including phenoxy) is 1. The van der Waals surface area contributed by atoms with Gasteiger partial charge in [-0.3, -0.25) is 4.79 Å². The molecule has 8 nitrogen and oxygen atoms in total. The maximum Gasteiger partial charge on any atom is 0.255 e. The van der Waals surface area contributed by atoms with Gasteiger partial charge in [-0.2, -0.15) is 10.4 Å². The van der Waals surface area contributed by atoms with E-state index in [0.29, 0.717) is 41.2 Å². The SMILES string of the molecule is Cc1c(C(=O)N2CCN(C)CC2)cn2ncc(C#N)c(Nc3ccc(Oc4ccccc4)cc3)c12. The highest BCUT2D eigenvalue weighted by Gasteiger charge is 2.25. The van der Waals surface area contributed by atoms with E-state index in [1.54, 1.807) is 10.7 Å². The number of likely N-dealkylation sites (N-methyl/N-ethyl adjacent to an activating group) is 1. The van der Waals surface area contributed by atoms with Gasteiger partial charge in [0.2, 0.25) is 0 Å². The van der Waals surface area contributed by atoms with E-state index in [1.165, 1.54) is 6.20 Å². The van der Waals surface area contributed by atoms with Crippen LogP contribution in [0.5, 0.6) is 11.5 Å². The monoisotopic (exact) mass is 466 g/mol. The molecule has 0 radical (unpaired) electrons. The lowest BCUT2D eigenvalue weighted by molar-refractivity contribution is 0.0663. The van der Waals surface area contributed by atoms with Gasteiger partial charge in [-0.1, -0.05) is 18.2 Å². The molecule has 0 unspecified atom stereocenters. The highest BCUT2D eigenvalue weighted by atomic mass is 16.5. The van der Waals surface area contributed by atoms with Gasteiger partial charge in [-0.15, -0.1) is 0 Å². The lowest BCUT2D eigenvalue weighted by Crippen LogP contribution is -2.47. The summed E-state index contributed by atoms with van der Waals surface area (Å²) in [6.45, 7) is 5.00. The zero-order valence-corrected chi connectivity index (χ0v) is 19.7. The summed E-state index contributed by atoms with van der Waals surface area (Å²) in [6, 6.07) is 19.3. The van der Waals surface area contributed by atoms with E-state index in [1.807, 2.05) is 66.4 Å². The maximum absolute atomic E-state index is 13.3. The van der Waals surface area contributed by atoms with Crippen molar-refractivity contribution in [2.75, 3.05) is 38.5 Å². The number of benzene rings is 2. The highest BCUT2D eigenvalue weighted by Crippen LogP contribution is 2.32. The number of nitriles is 1. The van der Waals surface area contributed by atoms with Crippen molar-refractivity contribution in [2.45, 2.75) is 6.92 Å². The van der Waals surface area contributed by atoms with Gasteiger partial charge in [-0.25, -0.2) is 4.52 Å². The number of amides is 1. The third kappa shape index (κ3) is 4.54. The smallest absolute Gasteiger partial charge is 0.255 e. The Kier molecular flexibility index (Phi) is 6.08. The van der Waals surface area contributed by atoms with E-state index in [0.717, 1.165) is 30.1 Å². The molecule has 1 aliphatic heterocycles. The van der Waals surface area contributed by atoms with Crippen LogP contribution in [0.4, 0.5) is 11.4 Å². The van der Waals surface area contributed by atoms with Gasteiger partial charge in [0.25, 0.3) is 5.91 Å². The number of carbonyl (C=O) groups excluding carboxylic acids is 1. The number of nitrogens with zero attached hydrogens (tertiary/aromatic N) is 5. The summed E-state index contributed by atoms with van der Waals surface area (Å²) in [7, 11) is 2.06. The predicted molar refractivity (Wildman–Crippen MR) is 134 cm³/mol. The van der Waals surface area contributed by atoms with E-state index in [2.05, 4.69) is 28.4 Å². The molecule has 0 atom stereocenters. The molecular weight excluding hydrogens is 440 g/mol. The summed E-state index contributed by atoms with van der Waals surface area (Å²) in [4.78, 5) is 17.4. The molecule has 2 aromatic heterocycles. The van der Waals surface area contributed by atoms with Crippen LogP contribution in [0.3, 0.4) is 0 Å². The van der Waals surface area contributed by atoms with Crippen LogP contribution in [0, 0.1) is 18.3 Å². The van der Waals surface area contributed by atoms with Crippen LogP contribution < -0.4 is 10.1 Å². The Morgan fingerprint density at radius 2 is 1.71 bits per heavy atom. The zero-order valence-electron chi connectivity index (χ0n) is 19.7. The minimum Gasteiger partial charge on any atom is -0.457 e. The fourth-order valence-corrected chi connectivity index (χ4v) is 4.27. The summed E-state index contributed by atoms with van der Waals surface area (Å²) in [6.07, 6.45) is 3.28. The highest BCUT2D eigenvalue weighted by molar-refractivity contribution is 6.00. The summed E-state index contributed by atoms with van der Waals surface area (Å²) >= 11 is 0. The number of piperazine rings is 1. The van der Waals surface area contributed by atoms with Crippen molar-refractivity contribution in [1.82, 2.24) is 19.4 Å². The van der Waals surface area contributed by atoms with Gasteiger partial charge in [0.1, 0.15) is 17.6 Å². The lowest BCUT2D eigenvalue weighted by atomic mass is 10.1. The van der Waals surface area contributed by atoms with Crippen molar-refractivity contribution < 1.29 is 9.53 Å². The van der Waals surface area contributed by atoms with Crippen LogP contribution in [0.25, 0.3) is 5.52 Å². The first kappa shape index (κ1) is 22.4. The number of aryl methyl sites for hydroxylation is 1. The molecule has 1 N–H and O–H groups in total. The van der Waals surface area contributed by atoms with Crippen molar-refractivity contribution in [3.8, 4) is 17.6 Å². The average Bonchev–Trinajstić information content (AvgIpc) is 3.22. The predicted octanol–water partition coefficient (Wildman–Crippen LogP) is 4.44. The number of para-hydroxylation sites is 1. The molecule has 1 fully saturated rings. The fraction of sp³-hybridized carbons (Fsp3) is 0.222. The van der Waals surface area contributed by atoms with E-state index in [9.17, 15) is 10.1 Å². The molecule has 1 aliphatic rings. The number of fused-ring (bicyclic) bond motifs is 1. The molecule has 0 bridgehead atoms. The Morgan fingerprint density at radius 1 is 1.03 bits per heavy atom. The van der Waals surface area contributed by atoms with E-state index in [-0.39, 0.29) is 5.91 Å². The Balaban J connectivity index is 1.44. The fourth-order valence-electron chi connectivity index (χ4n) is 4.27. The van der Waals surface area contributed by atoms with Gasteiger partial charge in [0, 0.05) is 38.1 Å². The topological polar surface area (TPSA) is 85.9 Å². The van der Waals surface area contributed by atoms with Crippen molar-refractivity contribution in [1.29, 1.82) is 5.26 Å². The van der Waals surface area contributed by atoms with Crippen LogP contribution in [-0.2, 0) is 0 Å². The number of aromatic nitrogens is 2. The van der Waals surface area contributed by atoms with Crippen LogP contribution in [0.1, 0.15) is 21.5 Å². The minimum atomic E-state index is -0.00651. The second kappa shape index (κ2) is 9.49. The molecule has 176 valence electrons. The number of rotatable bonds is 5. The third-order valence-corrected chi connectivity index (χ3v) is 6.30. The average molecular weight is 467 g/mol. The Morgan fingerprint density at radius 3 is 2.40 bits per heavy atom. The number of hydrogen-bond acceptors (Lipinski definition) is 6. The molecule has 1 amide bonds. The molecule has 0 aliphatic carbocycles. The van der Waals surface area contributed by atoms with Crippen molar-refractivity contribution in [3.63, 3.8) is 0 Å². The van der Waals surface area contributed by atoms with E-state index < -0.39 is 0 Å². The molecule has 35 heavy (non-hydrogen) atoms.